The third-order valence-corrected chi connectivity index (χ3v) is 4.41. The lowest BCUT2D eigenvalue weighted by atomic mass is 10.1. The Hall–Kier alpha value is -1.40. The molecule has 0 aromatic heterocycles. The quantitative estimate of drug-likeness (QED) is 0.789. The van der Waals surface area contributed by atoms with Crippen LogP contribution in [-0.2, 0) is 11.2 Å². The van der Waals surface area contributed by atoms with Gasteiger partial charge in [-0.05, 0) is 40.7 Å². The van der Waals surface area contributed by atoms with Gasteiger partial charge in [-0.15, -0.1) is 0 Å². The summed E-state index contributed by atoms with van der Waals surface area (Å²) in [6.45, 7) is 3.38. The molecule has 2 heterocycles. The molecule has 0 bridgehead atoms. The predicted molar refractivity (Wildman–Crippen MR) is 83.4 cm³/mol. The highest BCUT2D eigenvalue weighted by atomic mass is 79.9. The first-order valence-electron chi connectivity index (χ1n) is 6.68. The van der Waals surface area contributed by atoms with Crippen LogP contribution in [0.2, 0.25) is 0 Å². The molecule has 3 rings (SSSR count). The molecular weight excluding hydrogens is 320 g/mol. The van der Waals surface area contributed by atoms with E-state index in [1.807, 2.05) is 17.0 Å². The minimum Gasteiger partial charge on any atom is -0.399 e. The number of rotatable bonds is 1. The van der Waals surface area contributed by atoms with Crippen LogP contribution in [0.5, 0.6) is 0 Å². The van der Waals surface area contributed by atoms with Crippen molar-refractivity contribution >= 4 is 38.9 Å². The average Bonchev–Trinajstić information content (AvgIpc) is 2.83. The zero-order valence-electron chi connectivity index (χ0n) is 11.4. The van der Waals surface area contributed by atoms with E-state index < -0.39 is 0 Å². The van der Waals surface area contributed by atoms with Crippen molar-refractivity contribution in [2.24, 2.45) is 4.99 Å². The summed E-state index contributed by atoms with van der Waals surface area (Å²) in [6, 6.07) is 3.72. The topological polar surface area (TPSA) is 61.9 Å². The maximum absolute atomic E-state index is 12.5. The minimum absolute atomic E-state index is 0.0553. The molecule has 2 aliphatic heterocycles. The Labute approximate surface area is 126 Å². The maximum atomic E-state index is 12.5. The predicted octanol–water partition coefficient (Wildman–Crippen LogP) is 1.43. The van der Waals surface area contributed by atoms with Crippen molar-refractivity contribution in [3.63, 3.8) is 0 Å². The lowest BCUT2D eigenvalue weighted by Crippen LogP contribution is -2.49. The fraction of sp³-hybridized carbons (Fsp3) is 0.429. The van der Waals surface area contributed by atoms with Gasteiger partial charge in [0.05, 0.1) is 5.69 Å². The van der Waals surface area contributed by atoms with E-state index in [4.69, 9.17) is 5.73 Å². The van der Waals surface area contributed by atoms with Gasteiger partial charge in [-0.1, -0.05) is 0 Å². The normalized spacial score (nSPS) is 18.9. The van der Waals surface area contributed by atoms with Crippen LogP contribution in [0.15, 0.2) is 21.6 Å². The van der Waals surface area contributed by atoms with Crippen LogP contribution in [0.1, 0.15) is 5.56 Å². The first-order valence-corrected chi connectivity index (χ1v) is 7.47. The molecule has 5 nitrogen and oxygen atoms in total. The van der Waals surface area contributed by atoms with Crippen molar-refractivity contribution in [3.8, 4) is 0 Å². The van der Waals surface area contributed by atoms with E-state index in [2.05, 4.69) is 32.9 Å². The SMILES string of the molecule is CN1CCN(C(=O)C2=Nc3c(Br)cc(N)cc3C2)CC1. The number of hydrogen-bond acceptors (Lipinski definition) is 4. The largest absolute Gasteiger partial charge is 0.399 e. The summed E-state index contributed by atoms with van der Waals surface area (Å²) in [5.41, 5.74) is 9.01. The molecule has 1 saturated heterocycles. The van der Waals surface area contributed by atoms with Gasteiger partial charge >= 0.3 is 0 Å². The van der Waals surface area contributed by atoms with Crippen molar-refractivity contribution in [1.82, 2.24) is 9.80 Å². The molecule has 0 aliphatic carbocycles. The highest BCUT2D eigenvalue weighted by Crippen LogP contribution is 2.36. The van der Waals surface area contributed by atoms with E-state index in [0.717, 1.165) is 41.9 Å². The minimum atomic E-state index is 0.0553. The van der Waals surface area contributed by atoms with Crippen LogP contribution in [0.4, 0.5) is 11.4 Å². The van der Waals surface area contributed by atoms with Gasteiger partial charge in [0, 0.05) is 42.8 Å². The maximum Gasteiger partial charge on any atom is 0.268 e. The molecular formula is C14H17BrN4O. The molecule has 0 atom stereocenters. The van der Waals surface area contributed by atoms with Crippen molar-refractivity contribution < 1.29 is 4.79 Å². The summed E-state index contributed by atoms with van der Waals surface area (Å²) in [4.78, 5) is 21.1. The summed E-state index contributed by atoms with van der Waals surface area (Å²) >= 11 is 3.46. The number of hydrogen-bond donors (Lipinski definition) is 1. The van der Waals surface area contributed by atoms with E-state index in [1.54, 1.807) is 0 Å². The summed E-state index contributed by atoms with van der Waals surface area (Å²) in [5.74, 6) is 0.0553. The number of halogens is 1. The lowest BCUT2D eigenvalue weighted by Gasteiger charge is -2.32. The van der Waals surface area contributed by atoms with Gasteiger partial charge in [-0.3, -0.25) is 4.79 Å². The van der Waals surface area contributed by atoms with Crippen LogP contribution < -0.4 is 5.73 Å². The Morgan fingerprint density at radius 3 is 2.70 bits per heavy atom. The number of nitrogens with zero attached hydrogens (tertiary/aromatic N) is 3. The zero-order chi connectivity index (χ0) is 14.3. The van der Waals surface area contributed by atoms with E-state index in [0.29, 0.717) is 17.8 Å². The third kappa shape index (κ3) is 2.45. The van der Waals surface area contributed by atoms with Crippen LogP contribution in [0, 0.1) is 0 Å². The summed E-state index contributed by atoms with van der Waals surface area (Å²) in [7, 11) is 2.07. The number of carbonyl (C=O) groups excluding carboxylic acids is 1. The number of aliphatic imine (C=N–C) groups is 1. The molecule has 2 N–H and O–H groups in total. The first kappa shape index (κ1) is 13.6. The van der Waals surface area contributed by atoms with Gasteiger partial charge in [0.15, 0.2) is 0 Å². The molecule has 0 radical (unpaired) electrons. The van der Waals surface area contributed by atoms with Gasteiger partial charge in [0.1, 0.15) is 5.71 Å². The Bertz CT molecular complexity index is 591. The van der Waals surface area contributed by atoms with Gasteiger partial charge in [-0.25, -0.2) is 4.99 Å². The van der Waals surface area contributed by atoms with Crippen LogP contribution in [0.3, 0.4) is 0 Å². The van der Waals surface area contributed by atoms with E-state index >= 15 is 0 Å². The molecule has 2 aliphatic rings. The second kappa shape index (κ2) is 5.18. The number of fused-ring (bicyclic) bond motifs is 1. The smallest absolute Gasteiger partial charge is 0.268 e. The van der Waals surface area contributed by atoms with Crippen molar-refractivity contribution in [2.75, 3.05) is 39.0 Å². The number of anilines is 1. The van der Waals surface area contributed by atoms with Crippen LogP contribution in [0.25, 0.3) is 0 Å². The fourth-order valence-electron chi connectivity index (χ4n) is 2.61. The molecule has 20 heavy (non-hydrogen) atoms. The monoisotopic (exact) mass is 336 g/mol. The molecule has 0 unspecified atom stereocenters. The summed E-state index contributed by atoms with van der Waals surface area (Å²) in [6.07, 6.45) is 0.574. The molecule has 0 spiro atoms. The number of piperazine rings is 1. The highest BCUT2D eigenvalue weighted by molar-refractivity contribution is 9.10. The number of amides is 1. The van der Waals surface area contributed by atoms with E-state index in [9.17, 15) is 4.79 Å². The number of nitrogen functional groups attached to an aromatic ring is 1. The summed E-state index contributed by atoms with van der Waals surface area (Å²) in [5, 5.41) is 0. The molecule has 106 valence electrons. The number of likely N-dealkylation sites (N-methyl/N-ethyl adjacent to an activating group) is 1. The Morgan fingerprint density at radius 1 is 1.30 bits per heavy atom. The number of benzene rings is 1. The van der Waals surface area contributed by atoms with E-state index in [1.165, 1.54) is 0 Å². The second-order valence-corrected chi connectivity index (χ2v) is 6.20. The Balaban J connectivity index is 1.79. The van der Waals surface area contributed by atoms with Gasteiger partial charge in [0.25, 0.3) is 5.91 Å². The van der Waals surface area contributed by atoms with E-state index in [-0.39, 0.29) is 5.91 Å². The van der Waals surface area contributed by atoms with Crippen molar-refractivity contribution in [3.05, 3.63) is 22.2 Å². The van der Waals surface area contributed by atoms with Gasteiger partial charge < -0.3 is 15.5 Å². The number of nitrogens with two attached hydrogens (primary N) is 1. The molecule has 1 fully saturated rings. The Kier molecular flexibility index (Phi) is 3.52. The molecule has 0 saturated carbocycles. The zero-order valence-corrected chi connectivity index (χ0v) is 13.0. The standard InChI is InChI=1S/C14H17BrN4O/c1-18-2-4-19(5-3-18)14(20)12-7-9-6-10(16)8-11(15)13(9)17-12/h6,8H,2-5,7,16H2,1H3. The Morgan fingerprint density at radius 2 is 2.00 bits per heavy atom. The first-order chi connectivity index (χ1) is 9.54. The van der Waals surface area contributed by atoms with Crippen molar-refractivity contribution in [2.45, 2.75) is 6.42 Å². The van der Waals surface area contributed by atoms with Crippen molar-refractivity contribution in [1.29, 1.82) is 0 Å². The van der Waals surface area contributed by atoms with Crippen LogP contribution >= 0.6 is 15.9 Å². The number of carbonyl (C=O) groups is 1. The summed E-state index contributed by atoms with van der Waals surface area (Å²) < 4.78 is 0.855. The van der Waals surface area contributed by atoms with Crippen LogP contribution in [-0.4, -0.2) is 54.6 Å². The second-order valence-electron chi connectivity index (χ2n) is 5.34. The van der Waals surface area contributed by atoms with Gasteiger partial charge in [-0.2, -0.15) is 0 Å². The average molecular weight is 337 g/mol. The molecule has 1 aromatic rings. The fourth-order valence-corrected chi connectivity index (χ4v) is 3.22. The highest BCUT2D eigenvalue weighted by Gasteiger charge is 2.28. The molecule has 6 heteroatoms. The molecule has 1 aromatic carbocycles. The lowest BCUT2D eigenvalue weighted by molar-refractivity contribution is -0.125. The third-order valence-electron chi connectivity index (χ3n) is 3.81. The van der Waals surface area contributed by atoms with Gasteiger partial charge in [0.2, 0.25) is 0 Å². The molecule has 1 amide bonds.